The van der Waals surface area contributed by atoms with Crippen LogP contribution in [-0.4, -0.2) is 45.7 Å². The predicted octanol–water partition coefficient (Wildman–Crippen LogP) is 1.18. The average Bonchev–Trinajstić information content (AvgIpc) is 2.69. The van der Waals surface area contributed by atoms with Gasteiger partial charge < -0.3 is 15.3 Å². The molecule has 3 heterocycles. The number of carbonyl (C=O) groups excluding carboxylic acids is 1. The highest BCUT2D eigenvalue weighted by Crippen LogP contribution is 2.51. The highest BCUT2D eigenvalue weighted by molar-refractivity contribution is 8.23. The molecule has 2 saturated heterocycles. The van der Waals surface area contributed by atoms with Gasteiger partial charge in [-0.3, -0.25) is 4.79 Å². The van der Waals surface area contributed by atoms with Gasteiger partial charge >= 0.3 is 0 Å². The second-order valence-corrected chi connectivity index (χ2v) is 7.79. The highest BCUT2D eigenvalue weighted by Gasteiger charge is 2.52. The number of aliphatic hydroxyl groups is 1. The lowest BCUT2D eigenvalue weighted by atomic mass is 9.93. The molecule has 0 saturated carbocycles. The van der Waals surface area contributed by atoms with E-state index < -0.39 is 6.10 Å². The van der Waals surface area contributed by atoms with E-state index in [0.29, 0.717) is 5.25 Å². The second-order valence-electron chi connectivity index (χ2n) is 5.04. The number of nitrogens with zero attached hydrogens (tertiary/aromatic N) is 1. The maximum Gasteiger partial charge on any atom is 0.236 e. The topological polar surface area (TPSA) is 52.6 Å². The Labute approximate surface area is 116 Å². The zero-order valence-electron chi connectivity index (χ0n) is 10.3. The van der Waals surface area contributed by atoms with Crippen molar-refractivity contribution in [2.24, 2.45) is 5.92 Å². The van der Waals surface area contributed by atoms with Crippen molar-refractivity contribution in [3.05, 3.63) is 10.4 Å². The number of amides is 1. The summed E-state index contributed by atoms with van der Waals surface area (Å²) in [5.41, 5.74) is 0. The highest BCUT2D eigenvalue weighted by atomic mass is 32.2. The summed E-state index contributed by atoms with van der Waals surface area (Å²) in [5, 5.41) is 13.8. The number of piperidine rings is 1. The summed E-state index contributed by atoms with van der Waals surface area (Å²) >= 11 is 3.64. The molecule has 3 aliphatic heterocycles. The fourth-order valence-electron chi connectivity index (χ4n) is 2.62. The normalized spacial score (nSPS) is 34.0. The molecule has 2 unspecified atom stereocenters. The van der Waals surface area contributed by atoms with Crippen molar-refractivity contribution in [1.82, 2.24) is 10.2 Å². The summed E-state index contributed by atoms with van der Waals surface area (Å²) in [6.45, 7) is 3.90. The molecule has 1 amide bonds. The number of nitrogens with one attached hydrogen (secondary N) is 1. The van der Waals surface area contributed by atoms with E-state index in [9.17, 15) is 9.90 Å². The standard InChI is InChI=1S/C12H18N2O2S2/c1-7(15)10-11(16)14-6-9(18-12(10)14)17-8-2-4-13-5-3-8/h6-8,10,12-13,15H,2-5H2,1H3/t7?,10?,12-/m1/s1. The number of carbonyl (C=O) groups is 1. The third kappa shape index (κ3) is 2.19. The van der Waals surface area contributed by atoms with Gasteiger partial charge in [-0.05, 0) is 32.9 Å². The molecule has 0 aromatic carbocycles. The summed E-state index contributed by atoms with van der Waals surface area (Å²) in [6.07, 6.45) is 3.83. The fourth-order valence-corrected chi connectivity index (χ4v) is 5.70. The minimum atomic E-state index is -0.539. The summed E-state index contributed by atoms with van der Waals surface area (Å²) in [7, 11) is 0. The van der Waals surface area contributed by atoms with E-state index in [4.69, 9.17) is 0 Å². The number of aliphatic hydroxyl groups excluding tert-OH is 1. The van der Waals surface area contributed by atoms with Crippen LogP contribution in [0.2, 0.25) is 0 Å². The van der Waals surface area contributed by atoms with Gasteiger partial charge in [0.2, 0.25) is 5.91 Å². The largest absolute Gasteiger partial charge is 0.392 e. The fraction of sp³-hybridized carbons (Fsp3) is 0.750. The van der Waals surface area contributed by atoms with E-state index in [1.807, 2.05) is 18.0 Å². The molecule has 3 aliphatic rings. The van der Waals surface area contributed by atoms with Crippen LogP contribution >= 0.6 is 23.5 Å². The van der Waals surface area contributed by atoms with Crippen molar-refractivity contribution < 1.29 is 9.90 Å². The lowest BCUT2D eigenvalue weighted by Crippen LogP contribution is -2.58. The van der Waals surface area contributed by atoms with Crippen LogP contribution in [0.25, 0.3) is 0 Å². The van der Waals surface area contributed by atoms with Gasteiger partial charge in [0, 0.05) is 11.4 Å². The van der Waals surface area contributed by atoms with Gasteiger partial charge in [-0.2, -0.15) is 0 Å². The van der Waals surface area contributed by atoms with Crippen molar-refractivity contribution in [2.75, 3.05) is 13.1 Å². The first-order valence-electron chi connectivity index (χ1n) is 6.43. The first kappa shape index (κ1) is 12.8. The van der Waals surface area contributed by atoms with Crippen molar-refractivity contribution in [2.45, 2.75) is 36.5 Å². The quantitative estimate of drug-likeness (QED) is 0.763. The summed E-state index contributed by atoms with van der Waals surface area (Å²) in [6, 6.07) is 0. The van der Waals surface area contributed by atoms with E-state index in [0.717, 1.165) is 13.1 Å². The Morgan fingerprint density at radius 1 is 1.56 bits per heavy atom. The Balaban J connectivity index is 1.59. The molecule has 0 bridgehead atoms. The molecule has 0 aromatic rings. The lowest BCUT2D eigenvalue weighted by Gasteiger charge is -2.42. The van der Waals surface area contributed by atoms with Gasteiger partial charge in [0.15, 0.2) is 0 Å². The SMILES string of the molecule is CC(O)C1C(=O)N2C=C(SC3CCNCC3)S[C@H]12. The van der Waals surface area contributed by atoms with Crippen LogP contribution in [0.1, 0.15) is 19.8 Å². The van der Waals surface area contributed by atoms with Crippen molar-refractivity contribution in [3.63, 3.8) is 0 Å². The second kappa shape index (κ2) is 5.07. The van der Waals surface area contributed by atoms with Gasteiger partial charge in [0.25, 0.3) is 0 Å². The molecule has 3 rings (SSSR count). The summed E-state index contributed by atoms with van der Waals surface area (Å²) < 4.78 is 1.24. The summed E-state index contributed by atoms with van der Waals surface area (Å²) in [4.78, 5) is 13.6. The van der Waals surface area contributed by atoms with Crippen LogP contribution in [0.5, 0.6) is 0 Å². The van der Waals surface area contributed by atoms with E-state index in [1.165, 1.54) is 17.1 Å². The minimum Gasteiger partial charge on any atom is -0.392 e. The Hall–Kier alpha value is -0.170. The molecule has 100 valence electrons. The van der Waals surface area contributed by atoms with Gasteiger partial charge in [-0.25, -0.2) is 0 Å². The first-order valence-corrected chi connectivity index (χ1v) is 8.19. The Kier molecular flexibility index (Phi) is 3.62. The maximum absolute atomic E-state index is 11.8. The molecule has 0 radical (unpaired) electrons. The average molecular weight is 286 g/mol. The van der Waals surface area contributed by atoms with Gasteiger partial charge in [-0.15, -0.1) is 11.8 Å². The molecule has 0 spiro atoms. The molecule has 3 atom stereocenters. The molecule has 0 aliphatic carbocycles. The molecular weight excluding hydrogens is 268 g/mol. The Morgan fingerprint density at radius 3 is 2.94 bits per heavy atom. The third-order valence-corrected chi connectivity index (χ3v) is 6.51. The van der Waals surface area contributed by atoms with Crippen LogP contribution in [0.15, 0.2) is 10.4 Å². The number of rotatable bonds is 3. The monoisotopic (exact) mass is 286 g/mol. The van der Waals surface area contributed by atoms with Crippen LogP contribution in [-0.2, 0) is 4.79 Å². The molecule has 0 aromatic heterocycles. The minimum absolute atomic E-state index is 0.0726. The summed E-state index contributed by atoms with van der Waals surface area (Å²) in [5.74, 6) is -0.138. The number of β-lactam (4-membered cyclic amide) rings is 1. The molecule has 4 nitrogen and oxygen atoms in total. The smallest absolute Gasteiger partial charge is 0.236 e. The van der Waals surface area contributed by atoms with Gasteiger partial charge in [0.1, 0.15) is 5.37 Å². The van der Waals surface area contributed by atoms with E-state index in [-0.39, 0.29) is 17.2 Å². The predicted molar refractivity (Wildman–Crippen MR) is 75.0 cm³/mol. The number of hydrogen-bond donors (Lipinski definition) is 2. The third-order valence-electron chi connectivity index (χ3n) is 3.69. The van der Waals surface area contributed by atoms with Crippen molar-refractivity contribution in [3.8, 4) is 0 Å². The molecule has 2 N–H and O–H groups in total. The zero-order chi connectivity index (χ0) is 12.7. The Bertz CT molecular complexity index is 380. The van der Waals surface area contributed by atoms with E-state index in [2.05, 4.69) is 5.32 Å². The molecule has 18 heavy (non-hydrogen) atoms. The number of thioether (sulfide) groups is 2. The van der Waals surface area contributed by atoms with Crippen molar-refractivity contribution >= 4 is 29.4 Å². The lowest BCUT2D eigenvalue weighted by molar-refractivity contribution is -0.151. The van der Waals surface area contributed by atoms with Crippen LogP contribution < -0.4 is 5.32 Å². The molecule has 6 heteroatoms. The zero-order valence-corrected chi connectivity index (χ0v) is 12.0. The van der Waals surface area contributed by atoms with Gasteiger partial charge in [-0.1, -0.05) is 11.8 Å². The number of hydrogen-bond acceptors (Lipinski definition) is 5. The van der Waals surface area contributed by atoms with Crippen LogP contribution in [0.4, 0.5) is 0 Å². The molecule has 2 fully saturated rings. The maximum atomic E-state index is 11.8. The van der Waals surface area contributed by atoms with Crippen LogP contribution in [0, 0.1) is 5.92 Å². The van der Waals surface area contributed by atoms with E-state index >= 15 is 0 Å². The number of fused-ring (bicyclic) bond motifs is 1. The Morgan fingerprint density at radius 2 is 2.28 bits per heavy atom. The van der Waals surface area contributed by atoms with Crippen molar-refractivity contribution in [1.29, 1.82) is 0 Å². The van der Waals surface area contributed by atoms with Gasteiger partial charge in [0.05, 0.1) is 16.3 Å². The first-order chi connectivity index (χ1) is 8.66. The van der Waals surface area contributed by atoms with Crippen LogP contribution in [0.3, 0.4) is 0 Å². The molecular formula is C12H18N2O2S2. The van der Waals surface area contributed by atoms with E-state index in [1.54, 1.807) is 23.6 Å².